The summed E-state index contributed by atoms with van der Waals surface area (Å²) in [6.07, 6.45) is -6.45. The number of ether oxygens (including phenoxy) is 1. The highest BCUT2D eigenvalue weighted by molar-refractivity contribution is 5.73. The lowest BCUT2D eigenvalue weighted by Crippen LogP contribution is -2.35. The number of alkyl halides is 3. The molecule has 70 valence electrons. The van der Waals surface area contributed by atoms with Gasteiger partial charge in [-0.1, -0.05) is 0 Å². The third-order valence-corrected chi connectivity index (χ3v) is 1.76. The molecular weight excluding hydrogens is 177 g/mol. The first-order chi connectivity index (χ1) is 5.43. The minimum absolute atomic E-state index is 0.138. The van der Waals surface area contributed by atoms with Crippen LogP contribution in [0.2, 0.25) is 0 Å². The summed E-state index contributed by atoms with van der Waals surface area (Å²) in [5.74, 6) is -3.40. The van der Waals surface area contributed by atoms with Gasteiger partial charge in [0.15, 0.2) is 6.10 Å². The Morgan fingerprint density at radius 2 is 2.08 bits per heavy atom. The van der Waals surface area contributed by atoms with Crippen LogP contribution >= 0.6 is 0 Å². The maximum absolute atomic E-state index is 12.0. The van der Waals surface area contributed by atoms with Crippen LogP contribution in [0.4, 0.5) is 13.2 Å². The Morgan fingerprint density at radius 1 is 1.50 bits per heavy atom. The largest absolute Gasteiger partial charge is 0.479 e. The molecule has 3 nitrogen and oxygen atoms in total. The molecule has 1 rings (SSSR count). The van der Waals surface area contributed by atoms with Gasteiger partial charge < -0.3 is 9.84 Å². The number of hydrogen-bond acceptors (Lipinski definition) is 2. The van der Waals surface area contributed by atoms with Crippen molar-refractivity contribution in [2.45, 2.75) is 18.7 Å². The number of halogens is 3. The van der Waals surface area contributed by atoms with Gasteiger partial charge in [0, 0.05) is 6.61 Å². The van der Waals surface area contributed by atoms with Gasteiger partial charge in [-0.15, -0.1) is 0 Å². The standard InChI is InChI=1S/C6H7F3O3/c7-6(8,9)3-1-2-12-4(3)5(10)11/h3-4H,1-2H2,(H,10,11)/t3-,4-/m1/s1. The molecule has 0 aromatic heterocycles. The van der Waals surface area contributed by atoms with Gasteiger partial charge in [0.1, 0.15) is 0 Å². The highest BCUT2D eigenvalue weighted by Gasteiger charge is 2.51. The van der Waals surface area contributed by atoms with Gasteiger partial charge in [0.05, 0.1) is 5.92 Å². The lowest BCUT2D eigenvalue weighted by molar-refractivity contribution is -0.195. The summed E-state index contributed by atoms with van der Waals surface area (Å²) in [4.78, 5) is 10.2. The Balaban J connectivity index is 2.71. The lowest BCUT2D eigenvalue weighted by atomic mass is 10.0. The zero-order chi connectivity index (χ0) is 9.35. The fourth-order valence-electron chi connectivity index (χ4n) is 1.17. The van der Waals surface area contributed by atoms with Crippen molar-refractivity contribution < 1.29 is 27.8 Å². The van der Waals surface area contributed by atoms with E-state index in [1.54, 1.807) is 0 Å². The zero-order valence-corrected chi connectivity index (χ0v) is 5.97. The topological polar surface area (TPSA) is 46.5 Å². The first-order valence-corrected chi connectivity index (χ1v) is 3.34. The molecule has 2 atom stereocenters. The predicted octanol–water partition coefficient (Wildman–Crippen LogP) is 1.04. The monoisotopic (exact) mass is 184 g/mol. The molecule has 6 heteroatoms. The second-order valence-electron chi connectivity index (χ2n) is 2.57. The summed E-state index contributed by atoms with van der Waals surface area (Å²) in [7, 11) is 0. The van der Waals surface area contributed by atoms with Gasteiger partial charge in [-0.3, -0.25) is 0 Å². The van der Waals surface area contributed by atoms with E-state index in [4.69, 9.17) is 5.11 Å². The molecule has 1 aliphatic rings. The highest BCUT2D eigenvalue weighted by Crippen LogP contribution is 2.36. The van der Waals surface area contributed by atoms with E-state index in [9.17, 15) is 18.0 Å². The Kier molecular flexibility index (Phi) is 2.27. The average Bonchev–Trinajstić information content (AvgIpc) is 2.30. The van der Waals surface area contributed by atoms with Crippen molar-refractivity contribution in [1.29, 1.82) is 0 Å². The molecule has 0 aliphatic carbocycles. The Labute approximate surface area is 66.1 Å². The van der Waals surface area contributed by atoms with Crippen LogP contribution in [0.25, 0.3) is 0 Å². The fourth-order valence-corrected chi connectivity index (χ4v) is 1.17. The van der Waals surface area contributed by atoms with Crippen molar-refractivity contribution >= 4 is 5.97 Å². The second-order valence-corrected chi connectivity index (χ2v) is 2.57. The van der Waals surface area contributed by atoms with Gasteiger partial charge in [-0.05, 0) is 6.42 Å². The van der Waals surface area contributed by atoms with E-state index in [0.29, 0.717) is 0 Å². The molecule has 0 saturated carbocycles. The normalized spacial score (nSPS) is 30.6. The van der Waals surface area contributed by atoms with Crippen LogP contribution in [0.3, 0.4) is 0 Å². The number of hydrogen-bond donors (Lipinski definition) is 1. The maximum atomic E-state index is 12.0. The molecule has 1 N–H and O–H groups in total. The summed E-state index contributed by atoms with van der Waals surface area (Å²) in [5, 5.41) is 8.32. The first-order valence-electron chi connectivity index (χ1n) is 3.34. The Bertz CT molecular complexity index is 189. The van der Waals surface area contributed by atoms with Crippen LogP contribution in [-0.2, 0) is 9.53 Å². The first kappa shape index (κ1) is 9.31. The third kappa shape index (κ3) is 1.69. The summed E-state index contributed by atoms with van der Waals surface area (Å²) < 4.78 is 40.5. The van der Waals surface area contributed by atoms with E-state index in [1.807, 2.05) is 0 Å². The third-order valence-electron chi connectivity index (χ3n) is 1.76. The summed E-state index contributed by atoms with van der Waals surface area (Å²) in [6.45, 7) is -0.138. The summed E-state index contributed by atoms with van der Waals surface area (Å²) >= 11 is 0. The van der Waals surface area contributed by atoms with Crippen LogP contribution in [0.5, 0.6) is 0 Å². The van der Waals surface area contributed by atoms with Crippen LogP contribution in [0, 0.1) is 5.92 Å². The number of carboxylic acids is 1. The second kappa shape index (κ2) is 2.93. The summed E-state index contributed by atoms with van der Waals surface area (Å²) in [5.41, 5.74) is 0. The number of carboxylic acid groups (broad SMARTS) is 1. The number of carbonyl (C=O) groups is 1. The van der Waals surface area contributed by atoms with Gasteiger partial charge in [-0.25, -0.2) is 4.79 Å². The van der Waals surface area contributed by atoms with Gasteiger partial charge in [0.25, 0.3) is 0 Å². The van der Waals surface area contributed by atoms with Gasteiger partial charge in [0.2, 0.25) is 0 Å². The Hall–Kier alpha value is -0.780. The smallest absolute Gasteiger partial charge is 0.394 e. The molecule has 1 heterocycles. The van der Waals surface area contributed by atoms with Crippen LogP contribution in [0.15, 0.2) is 0 Å². The number of aliphatic carboxylic acids is 1. The quantitative estimate of drug-likeness (QED) is 0.662. The fraction of sp³-hybridized carbons (Fsp3) is 0.833. The van der Waals surface area contributed by atoms with Crippen LogP contribution in [-0.4, -0.2) is 30.0 Å². The van der Waals surface area contributed by atoms with E-state index >= 15 is 0 Å². The average molecular weight is 184 g/mol. The molecule has 1 fully saturated rings. The summed E-state index contributed by atoms with van der Waals surface area (Å²) in [6, 6.07) is 0. The SMILES string of the molecule is O=C(O)[C@@H]1OCC[C@H]1C(F)(F)F. The Morgan fingerprint density at radius 3 is 2.42 bits per heavy atom. The van der Waals surface area contributed by atoms with Crippen molar-refractivity contribution in [3.8, 4) is 0 Å². The highest BCUT2D eigenvalue weighted by atomic mass is 19.4. The molecular formula is C6H7F3O3. The number of rotatable bonds is 1. The van der Waals surface area contributed by atoms with Crippen molar-refractivity contribution in [3.05, 3.63) is 0 Å². The van der Waals surface area contributed by atoms with E-state index < -0.39 is 24.2 Å². The minimum Gasteiger partial charge on any atom is -0.479 e. The van der Waals surface area contributed by atoms with Crippen molar-refractivity contribution in [1.82, 2.24) is 0 Å². The van der Waals surface area contributed by atoms with Crippen LogP contribution in [0.1, 0.15) is 6.42 Å². The van der Waals surface area contributed by atoms with Gasteiger partial charge >= 0.3 is 12.1 Å². The molecule has 12 heavy (non-hydrogen) atoms. The molecule has 0 aromatic carbocycles. The molecule has 0 amide bonds. The minimum atomic E-state index is -4.47. The van der Waals surface area contributed by atoms with Crippen molar-refractivity contribution in [2.75, 3.05) is 6.61 Å². The molecule has 1 aliphatic heterocycles. The van der Waals surface area contributed by atoms with E-state index in [-0.39, 0.29) is 13.0 Å². The maximum Gasteiger partial charge on any atom is 0.394 e. The predicted molar refractivity (Wildman–Crippen MR) is 31.5 cm³/mol. The zero-order valence-electron chi connectivity index (χ0n) is 5.97. The molecule has 0 bridgehead atoms. The molecule has 0 aromatic rings. The van der Waals surface area contributed by atoms with Crippen LogP contribution < -0.4 is 0 Å². The molecule has 0 spiro atoms. The van der Waals surface area contributed by atoms with E-state index in [2.05, 4.69) is 4.74 Å². The van der Waals surface area contributed by atoms with E-state index in [0.717, 1.165) is 0 Å². The van der Waals surface area contributed by atoms with Crippen molar-refractivity contribution in [2.24, 2.45) is 5.92 Å². The van der Waals surface area contributed by atoms with Crippen molar-refractivity contribution in [3.63, 3.8) is 0 Å². The lowest BCUT2D eigenvalue weighted by Gasteiger charge is -2.17. The molecule has 1 saturated heterocycles. The molecule has 0 unspecified atom stereocenters. The van der Waals surface area contributed by atoms with Gasteiger partial charge in [-0.2, -0.15) is 13.2 Å². The molecule has 0 radical (unpaired) electrons. The van der Waals surface area contributed by atoms with E-state index in [1.165, 1.54) is 0 Å².